The molecule has 0 atom stereocenters. The van der Waals surface area contributed by atoms with E-state index in [4.69, 9.17) is 0 Å². The van der Waals surface area contributed by atoms with Gasteiger partial charge in [-0.05, 0) is 37.2 Å². The monoisotopic (exact) mass is 283 g/mol. The topological polar surface area (TPSA) is 12.0 Å². The van der Waals surface area contributed by atoms with E-state index in [-0.39, 0.29) is 0 Å². The largest absolute Gasteiger partial charge is 0.311 e. The zero-order valence-electron chi connectivity index (χ0n) is 12.7. The third-order valence-corrected chi connectivity index (χ3v) is 5.85. The van der Waals surface area contributed by atoms with Crippen molar-refractivity contribution >= 4 is 11.8 Å². The van der Waals surface area contributed by atoms with Crippen LogP contribution in [0.3, 0.4) is 0 Å². The third-order valence-electron chi connectivity index (χ3n) is 4.80. The van der Waals surface area contributed by atoms with Gasteiger partial charge in [0.15, 0.2) is 0 Å². The summed E-state index contributed by atoms with van der Waals surface area (Å²) < 4.78 is 0. The fourth-order valence-electron chi connectivity index (χ4n) is 3.53. The quantitative estimate of drug-likeness (QED) is 0.752. The molecule has 2 fully saturated rings. The lowest BCUT2D eigenvalue weighted by Gasteiger charge is -2.28. The summed E-state index contributed by atoms with van der Waals surface area (Å²) in [6.07, 6.45) is 18.9. The molecule has 1 saturated heterocycles. The molecule has 2 heteroatoms. The van der Waals surface area contributed by atoms with Gasteiger partial charge in [0, 0.05) is 12.1 Å². The van der Waals surface area contributed by atoms with Gasteiger partial charge in [0.2, 0.25) is 0 Å². The smallest absolute Gasteiger partial charge is 0.00853 e. The molecule has 0 aromatic carbocycles. The maximum Gasteiger partial charge on any atom is 0.00853 e. The third kappa shape index (κ3) is 7.04. The number of hydrogen-bond acceptors (Lipinski definition) is 2. The maximum atomic E-state index is 4.00. The molecule has 0 spiro atoms. The number of thioether (sulfide) groups is 1. The molecular weight excluding hydrogens is 250 g/mol. The highest BCUT2D eigenvalue weighted by molar-refractivity contribution is 7.99. The summed E-state index contributed by atoms with van der Waals surface area (Å²) in [6.45, 7) is 0. The predicted octanol–water partition coefficient (Wildman–Crippen LogP) is 5.14. The van der Waals surface area contributed by atoms with Gasteiger partial charge in [-0.15, -0.1) is 0 Å². The first-order valence-corrected chi connectivity index (χ1v) is 9.94. The van der Waals surface area contributed by atoms with E-state index < -0.39 is 0 Å². The van der Waals surface area contributed by atoms with Crippen molar-refractivity contribution in [2.24, 2.45) is 0 Å². The first kappa shape index (κ1) is 15.7. The SMILES string of the molecule is C1CCCCCC(NC2CCSCC2)CCCCC1. The van der Waals surface area contributed by atoms with Gasteiger partial charge in [-0.2, -0.15) is 11.8 Å². The van der Waals surface area contributed by atoms with Crippen molar-refractivity contribution in [3.05, 3.63) is 0 Å². The molecule has 1 nitrogen and oxygen atoms in total. The van der Waals surface area contributed by atoms with Crippen LogP contribution in [0.25, 0.3) is 0 Å². The zero-order valence-corrected chi connectivity index (χ0v) is 13.5. The highest BCUT2D eigenvalue weighted by Crippen LogP contribution is 2.21. The van der Waals surface area contributed by atoms with Crippen LogP contribution in [-0.2, 0) is 0 Å². The van der Waals surface area contributed by atoms with E-state index in [1.165, 1.54) is 95.0 Å². The molecule has 0 radical (unpaired) electrons. The molecule has 2 rings (SSSR count). The summed E-state index contributed by atoms with van der Waals surface area (Å²) in [7, 11) is 0. The van der Waals surface area contributed by atoms with E-state index in [1.54, 1.807) is 0 Å². The Bertz CT molecular complexity index is 201. The molecule has 19 heavy (non-hydrogen) atoms. The number of hydrogen-bond donors (Lipinski definition) is 1. The van der Waals surface area contributed by atoms with Crippen molar-refractivity contribution < 1.29 is 0 Å². The van der Waals surface area contributed by atoms with Crippen LogP contribution < -0.4 is 5.32 Å². The molecule has 0 bridgehead atoms. The molecule has 0 aromatic heterocycles. The van der Waals surface area contributed by atoms with E-state index >= 15 is 0 Å². The van der Waals surface area contributed by atoms with Crippen LogP contribution in [0.4, 0.5) is 0 Å². The van der Waals surface area contributed by atoms with Crippen molar-refractivity contribution in [3.63, 3.8) is 0 Å². The zero-order chi connectivity index (χ0) is 13.2. The molecule has 1 N–H and O–H groups in total. The highest BCUT2D eigenvalue weighted by atomic mass is 32.2. The van der Waals surface area contributed by atoms with Gasteiger partial charge in [0.05, 0.1) is 0 Å². The molecule has 1 aliphatic carbocycles. The second-order valence-electron chi connectivity index (χ2n) is 6.51. The second kappa shape index (κ2) is 10.1. The lowest BCUT2D eigenvalue weighted by atomic mass is 9.97. The first-order chi connectivity index (χ1) is 9.45. The van der Waals surface area contributed by atoms with E-state index in [0.29, 0.717) is 0 Å². The van der Waals surface area contributed by atoms with E-state index in [1.807, 2.05) is 0 Å². The Morgan fingerprint density at radius 2 is 0.947 bits per heavy atom. The fourth-order valence-corrected chi connectivity index (χ4v) is 4.63. The van der Waals surface area contributed by atoms with Crippen molar-refractivity contribution in [1.82, 2.24) is 5.32 Å². The molecule has 1 heterocycles. The van der Waals surface area contributed by atoms with Gasteiger partial charge in [-0.1, -0.05) is 57.8 Å². The Morgan fingerprint density at radius 3 is 1.47 bits per heavy atom. The average Bonchev–Trinajstić information content (AvgIpc) is 2.43. The Morgan fingerprint density at radius 1 is 0.526 bits per heavy atom. The normalized spacial score (nSPS) is 26.5. The minimum atomic E-state index is 0.826. The van der Waals surface area contributed by atoms with Crippen LogP contribution in [0, 0.1) is 0 Å². The van der Waals surface area contributed by atoms with Crippen LogP contribution in [-0.4, -0.2) is 23.6 Å². The Labute approximate surface area is 124 Å². The summed E-state index contributed by atoms with van der Waals surface area (Å²) in [5.74, 6) is 2.76. The molecule has 0 amide bonds. The molecule has 1 saturated carbocycles. The minimum absolute atomic E-state index is 0.826. The fraction of sp³-hybridized carbons (Fsp3) is 1.00. The molecule has 0 aromatic rings. The van der Waals surface area contributed by atoms with Crippen molar-refractivity contribution in [3.8, 4) is 0 Å². The van der Waals surface area contributed by atoms with Crippen LogP contribution in [0.2, 0.25) is 0 Å². The van der Waals surface area contributed by atoms with Crippen molar-refractivity contribution in [2.75, 3.05) is 11.5 Å². The van der Waals surface area contributed by atoms with E-state index in [9.17, 15) is 0 Å². The summed E-state index contributed by atoms with van der Waals surface area (Å²) >= 11 is 2.14. The minimum Gasteiger partial charge on any atom is -0.311 e. The maximum absolute atomic E-state index is 4.00. The standard InChI is InChI=1S/C17H33NS/c1-2-4-6-8-10-16(11-9-7-5-3-1)18-17-12-14-19-15-13-17/h16-18H,1-15H2. The second-order valence-corrected chi connectivity index (χ2v) is 7.73. The van der Waals surface area contributed by atoms with E-state index in [0.717, 1.165) is 12.1 Å². The lowest BCUT2D eigenvalue weighted by Crippen LogP contribution is -2.40. The van der Waals surface area contributed by atoms with Gasteiger partial charge in [0.25, 0.3) is 0 Å². The Balaban J connectivity index is 1.70. The van der Waals surface area contributed by atoms with Crippen LogP contribution in [0.15, 0.2) is 0 Å². The molecule has 2 aliphatic rings. The average molecular weight is 284 g/mol. The Hall–Kier alpha value is 0.310. The first-order valence-electron chi connectivity index (χ1n) is 8.79. The summed E-state index contributed by atoms with van der Waals surface area (Å²) in [5, 5.41) is 4.00. The van der Waals surface area contributed by atoms with Gasteiger partial charge in [-0.3, -0.25) is 0 Å². The number of rotatable bonds is 2. The van der Waals surface area contributed by atoms with Gasteiger partial charge < -0.3 is 5.32 Å². The molecule has 0 unspecified atom stereocenters. The molecular formula is C17H33NS. The summed E-state index contributed by atoms with van der Waals surface area (Å²) in [4.78, 5) is 0. The van der Waals surface area contributed by atoms with Gasteiger partial charge in [-0.25, -0.2) is 0 Å². The number of nitrogens with one attached hydrogen (secondary N) is 1. The van der Waals surface area contributed by atoms with E-state index in [2.05, 4.69) is 17.1 Å². The van der Waals surface area contributed by atoms with Crippen LogP contribution in [0.5, 0.6) is 0 Å². The van der Waals surface area contributed by atoms with Crippen LogP contribution >= 0.6 is 11.8 Å². The summed E-state index contributed by atoms with van der Waals surface area (Å²) in [5.41, 5.74) is 0. The molecule has 112 valence electrons. The summed E-state index contributed by atoms with van der Waals surface area (Å²) in [6, 6.07) is 1.66. The van der Waals surface area contributed by atoms with Gasteiger partial charge >= 0.3 is 0 Å². The lowest BCUT2D eigenvalue weighted by molar-refractivity contribution is 0.350. The highest BCUT2D eigenvalue weighted by Gasteiger charge is 2.17. The van der Waals surface area contributed by atoms with Crippen molar-refractivity contribution in [1.29, 1.82) is 0 Å². The Kier molecular flexibility index (Phi) is 8.34. The predicted molar refractivity (Wildman–Crippen MR) is 88.1 cm³/mol. The van der Waals surface area contributed by atoms with Gasteiger partial charge in [0.1, 0.15) is 0 Å². The van der Waals surface area contributed by atoms with Crippen LogP contribution in [0.1, 0.15) is 83.5 Å². The molecule has 1 aliphatic heterocycles. The van der Waals surface area contributed by atoms with Crippen molar-refractivity contribution in [2.45, 2.75) is 95.6 Å².